The third kappa shape index (κ3) is 1.46. The quantitative estimate of drug-likeness (QED) is 0.549. The van der Waals surface area contributed by atoms with Crippen LogP contribution in [0.3, 0.4) is 0 Å². The summed E-state index contributed by atoms with van der Waals surface area (Å²) in [6, 6.07) is 0. The highest BCUT2D eigenvalue weighted by molar-refractivity contribution is 5.71. The molecule has 4 nitrogen and oxygen atoms in total. The topological polar surface area (TPSA) is 60.8 Å². The summed E-state index contributed by atoms with van der Waals surface area (Å²) in [5.41, 5.74) is 0. The Balaban J connectivity index is 2.39. The third-order valence-electron chi connectivity index (χ3n) is 1.71. The summed E-state index contributed by atoms with van der Waals surface area (Å²) in [5, 5.41) is 17.3. The minimum absolute atomic E-state index is 0.702. The summed E-state index contributed by atoms with van der Waals surface area (Å²) in [6.07, 6.45) is 0.691. The van der Waals surface area contributed by atoms with Crippen LogP contribution in [0, 0.1) is 0 Å². The number of rotatable bonds is 2. The second-order valence-electron chi connectivity index (χ2n) is 2.45. The summed E-state index contributed by atoms with van der Waals surface area (Å²) in [5.74, 6) is -1.15. The monoisotopic (exact) mass is 145 g/mol. The van der Waals surface area contributed by atoms with E-state index >= 15 is 0 Å². The average Bonchev–Trinajstić information content (AvgIpc) is 2.36. The van der Waals surface area contributed by atoms with Crippen molar-refractivity contribution in [2.24, 2.45) is 0 Å². The molecule has 1 unspecified atom stereocenters. The number of carboxylic acid groups (broad SMARTS) is 1. The number of nitrogens with zero attached hydrogens (tertiary/aromatic N) is 1. The van der Waals surface area contributed by atoms with E-state index < -0.39 is 12.2 Å². The number of aliphatic carboxylic acids is 1. The second-order valence-corrected chi connectivity index (χ2v) is 2.45. The molecule has 0 aromatic carbocycles. The van der Waals surface area contributed by atoms with E-state index in [1.165, 1.54) is 0 Å². The lowest BCUT2D eigenvalue weighted by Gasteiger charge is -2.17. The van der Waals surface area contributed by atoms with Gasteiger partial charge in [-0.15, -0.1) is 0 Å². The number of likely N-dealkylation sites (tertiary alicyclic amines) is 1. The van der Waals surface area contributed by atoms with Crippen LogP contribution in [0.15, 0.2) is 0 Å². The average molecular weight is 145 g/mol. The SMILES string of the molecule is O=C(O)C(O)N1CCCC1. The maximum atomic E-state index is 10.2. The van der Waals surface area contributed by atoms with Crippen LogP contribution in [0.2, 0.25) is 0 Å². The number of hydrogen-bond acceptors (Lipinski definition) is 3. The molecule has 0 aromatic rings. The van der Waals surface area contributed by atoms with Crippen molar-refractivity contribution in [2.45, 2.75) is 19.1 Å². The molecule has 0 aromatic heterocycles. The highest BCUT2D eigenvalue weighted by atomic mass is 16.4. The van der Waals surface area contributed by atoms with Gasteiger partial charge in [-0.05, 0) is 12.8 Å². The van der Waals surface area contributed by atoms with Crippen molar-refractivity contribution < 1.29 is 15.0 Å². The van der Waals surface area contributed by atoms with Gasteiger partial charge in [-0.3, -0.25) is 4.90 Å². The Bertz CT molecular complexity index is 131. The van der Waals surface area contributed by atoms with E-state index in [1.807, 2.05) is 0 Å². The van der Waals surface area contributed by atoms with Crippen molar-refractivity contribution in [1.82, 2.24) is 4.90 Å². The molecule has 2 N–H and O–H groups in total. The zero-order chi connectivity index (χ0) is 7.56. The Morgan fingerprint density at radius 3 is 2.30 bits per heavy atom. The van der Waals surface area contributed by atoms with Crippen molar-refractivity contribution in [1.29, 1.82) is 0 Å². The zero-order valence-electron chi connectivity index (χ0n) is 5.66. The molecule has 10 heavy (non-hydrogen) atoms. The van der Waals surface area contributed by atoms with Gasteiger partial charge in [0.05, 0.1) is 0 Å². The van der Waals surface area contributed by atoms with E-state index in [1.54, 1.807) is 4.90 Å². The van der Waals surface area contributed by atoms with Crippen molar-refractivity contribution in [2.75, 3.05) is 13.1 Å². The van der Waals surface area contributed by atoms with Gasteiger partial charge in [0, 0.05) is 13.1 Å². The maximum absolute atomic E-state index is 10.2. The molecule has 4 heteroatoms. The highest BCUT2D eigenvalue weighted by Crippen LogP contribution is 2.09. The summed E-state index contributed by atoms with van der Waals surface area (Å²) < 4.78 is 0. The van der Waals surface area contributed by atoms with Crippen LogP contribution in [0.5, 0.6) is 0 Å². The first kappa shape index (κ1) is 7.50. The first-order valence-electron chi connectivity index (χ1n) is 3.37. The fraction of sp³-hybridized carbons (Fsp3) is 0.833. The number of hydrogen-bond donors (Lipinski definition) is 2. The molecule has 1 atom stereocenters. The van der Waals surface area contributed by atoms with Gasteiger partial charge in [0.25, 0.3) is 0 Å². The third-order valence-corrected chi connectivity index (χ3v) is 1.71. The molecule has 1 rings (SSSR count). The van der Waals surface area contributed by atoms with E-state index in [2.05, 4.69) is 0 Å². The van der Waals surface area contributed by atoms with E-state index in [9.17, 15) is 4.79 Å². The van der Waals surface area contributed by atoms with Gasteiger partial charge in [0.15, 0.2) is 0 Å². The number of carbonyl (C=O) groups is 1. The van der Waals surface area contributed by atoms with Crippen LogP contribution < -0.4 is 0 Å². The lowest BCUT2D eigenvalue weighted by atomic mass is 10.4. The predicted molar refractivity (Wildman–Crippen MR) is 34.4 cm³/mol. The molecule has 58 valence electrons. The molecular weight excluding hydrogens is 134 g/mol. The van der Waals surface area contributed by atoms with Crippen LogP contribution in [0.1, 0.15) is 12.8 Å². The smallest absolute Gasteiger partial charge is 0.348 e. The molecule has 0 aliphatic carbocycles. The largest absolute Gasteiger partial charge is 0.478 e. The molecule has 0 bridgehead atoms. The van der Waals surface area contributed by atoms with Crippen molar-refractivity contribution in [3.8, 4) is 0 Å². The van der Waals surface area contributed by atoms with Gasteiger partial charge in [-0.25, -0.2) is 4.79 Å². The Labute approximate surface area is 59.1 Å². The van der Waals surface area contributed by atoms with Gasteiger partial charge >= 0.3 is 5.97 Å². The van der Waals surface area contributed by atoms with Gasteiger partial charge < -0.3 is 10.2 Å². The summed E-state index contributed by atoms with van der Waals surface area (Å²) in [7, 11) is 0. The predicted octanol–water partition coefficient (Wildman–Crippen LogP) is -0.515. The summed E-state index contributed by atoms with van der Waals surface area (Å²) >= 11 is 0. The maximum Gasteiger partial charge on any atom is 0.348 e. The first-order valence-corrected chi connectivity index (χ1v) is 3.37. The van der Waals surface area contributed by atoms with Crippen LogP contribution in [0.4, 0.5) is 0 Å². The minimum atomic E-state index is -1.29. The lowest BCUT2D eigenvalue weighted by Crippen LogP contribution is -2.38. The molecule has 1 aliphatic rings. The summed E-state index contributed by atoms with van der Waals surface area (Å²) in [4.78, 5) is 11.8. The van der Waals surface area contributed by atoms with Crippen molar-refractivity contribution in [3.05, 3.63) is 0 Å². The molecule has 0 radical (unpaired) electrons. The molecular formula is C6H11NO3. The molecule has 0 amide bonds. The van der Waals surface area contributed by atoms with Gasteiger partial charge in [0.1, 0.15) is 0 Å². The fourth-order valence-electron chi connectivity index (χ4n) is 1.14. The van der Waals surface area contributed by atoms with Gasteiger partial charge in [0.2, 0.25) is 6.23 Å². The number of aliphatic hydroxyl groups excluding tert-OH is 1. The number of aliphatic hydroxyl groups is 1. The summed E-state index contributed by atoms with van der Waals surface area (Å²) in [6.45, 7) is 1.40. The van der Waals surface area contributed by atoms with Crippen LogP contribution in [-0.4, -0.2) is 40.4 Å². The second kappa shape index (κ2) is 2.98. The molecule has 0 spiro atoms. The van der Waals surface area contributed by atoms with E-state index in [0.717, 1.165) is 12.8 Å². The number of carboxylic acids is 1. The van der Waals surface area contributed by atoms with Gasteiger partial charge in [-0.2, -0.15) is 0 Å². The standard InChI is InChI=1S/C6H11NO3/c8-5(6(9)10)7-3-1-2-4-7/h5,8H,1-4H2,(H,9,10). The zero-order valence-corrected chi connectivity index (χ0v) is 5.66. The Kier molecular flexibility index (Phi) is 2.24. The molecule has 1 aliphatic heterocycles. The first-order chi connectivity index (χ1) is 4.72. The van der Waals surface area contributed by atoms with Crippen molar-refractivity contribution in [3.63, 3.8) is 0 Å². The molecule has 0 saturated carbocycles. The normalized spacial score (nSPS) is 22.9. The van der Waals surface area contributed by atoms with E-state index in [4.69, 9.17) is 10.2 Å². The van der Waals surface area contributed by atoms with Crippen LogP contribution in [0.25, 0.3) is 0 Å². The van der Waals surface area contributed by atoms with Gasteiger partial charge in [-0.1, -0.05) is 0 Å². The molecule has 1 saturated heterocycles. The molecule has 1 fully saturated rings. The van der Waals surface area contributed by atoms with Crippen LogP contribution in [-0.2, 0) is 4.79 Å². The van der Waals surface area contributed by atoms with E-state index in [-0.39, 0.29) is 0 Å². The lowest BCUT2D eigenvalue weighted by molar-refractivity contribution is -0.156. The van der Waals surface area contributed by atoms with E-state index in [0.29, 0.717) is 13.1 Å². The Morgan fingerprint density at radius 2 is 1.90 bits per heavy atom. The Morgan fingerprint density at radius 1 is 1.40 bits per heavy atom. The van der Waals surface area contributed by atoms with Crippen LogP contribution >= 0.6 is 0 Å². The highest BCUT2D eigenvalue weighted by Gasteiger charge is 2.24. The Hall–Kier alpha value is -0.610. The molecule has 1 heterocycles. The minimum Gasteiger partial charge on any atom is -0.478 e. The fourth-order valence-corrected chi connectivity index (χ4v) is 1.14. The van der Waals surface area contributed by atoms with Crippen molar-refractivity contribution >= 4 is 5.97 Å².